The predicted octanol–water partition coefficient (Wildman–Crippen LogP) is 5.10. The Hall–Kier alpha value is -1.55. The largest absolute Gasteiger partial charge is 0.340 e. The zero-order valence-electron chi connectivity index (χ0n) is 10.2. The first kappa shape index (κ1) is 14.9. The average Bonchev–Trinajstić information content (AvgIpc) is 2.41. The van der Waals surface area contributed by atoms with Crippen molar-refractivity contribution in [2.24, 2.45) is 0 Å². The molecule has 102 valence electrons. The summed E-state index contributed by atoms with van der Waals surface area (Å²) in [4.78, 5) is 8.41. The van der Waals surface area contributed by atoms with Crippen molar-refractivity contribution in [3.63, 3.8) is 0 Å². The van der Waals surface area contributed by atoms with Crippen LogP contribution in [0.15, 0.2) is 48.5 Å². The number of anilines is 2. The monoisotopic (exact) mass is 325 g/mol. The second kappa shape index (κ2) is 6.27. The van der Waals surface area contributed by atoms with Gasteiger partial charge in [0.1, 0.15) is 5.82 Å². The van der Waals surface area contributed by atoms with Gasteiger partial charge < -0.3 is 5.32 Å². The van der Waals surface area contributed by atoms with Gasteiger partial charge in [-0.05, 0) is 48.0 Å². The van der Waals surface area contributed by atoms with E-state index < -0.39 is 0 Å². The van der Waals surface area contributed by atoms with Crippen molar-refractivity contribution in [3.05, 3.63) is 58.8 Å². The molecule has 1 aromatic heterocycles. The van der Waals surface area contributed by atoms with Gasteiger partial charge in [-0.15, -0.1) is 12.4 Å². The normalized spacial score (nSPS) is 10.1. The SMILES string of the molecule is Cl.Clc1ccc(Nc2nc(Cl)nc3ccccc23)cc1. The van der Waals surface area contributed by atoms with E-state index in [4.69, 9.17) is 23.2 Å². The first-order valence-corrected chi connectivity index (χ1v) is 6.43. The highest BCUT2D eigenvalue weighted by molar-refractivity contribution is 6.30. The Morgan fingerprint density at radius 1 is 0.850 bits per heavy atom. The van der Waals surface area contributed by atoms with Crippen LogP contribution in [0.5, 0.6) is 0 Å². The zero-order valence-corrected chi connectivity index (χ0v) is 12.5. The van der Waals surface area contributed by atoms with Crippen LogP contribution in [0.4, 0.5) is 11.5 Å². The Morgan fingerprint density at radius 3 is 2.30 bits per heavy atom. The quantitative estimate of drug-likeness (QED) is 0.666. The smallest absolute Gasteiger partial charge is 0.224 e. The molecular weight excluding hydrogens is 317 g/mol. The van der Waals surface area contributed by atoms with Crippen LogP contribution in [0, 0.1) is 0 Å². The number of fused-ring (bicyclic) bond motifs is 1. The molecule has 1 heterocycles. The molecule has 20 heavy (non-hydrogen) atoms. The molecule has 0 radical (unpaired) electrons. The Morgan fingerprint density at radius 2 is 1.55 bits per heavy atom. The molecule has 3 aromatic rings. The van der Waals surface area contributed by atoms with E-state index in [1.807, 2.05) is 48.5 Å². The average molecular weight is 327 g/mol. The van der Waals surface area contributed by atoms with Crippen LogP contribution in [-0.2, 0) is 0 Å². The second-order valence-corrected chi connectivity index (χ2v) is 4.76. The van der Waals surface area contributed by atoms with Gasteiger partial charge in [-0.1, -0.05) is 23.7 Å². The molecule has 0 bridgehead atoms. The summed E-state index contributed by atoms with van der Waals surface area (Å²) in [6.07, 6.45) is 0. The Balaban J connectivity index is 0.00000147. The summed E-state index contributed by atoms with van der Waals surface area (Å²) in [5, 5.41) is 5.05. The zero-order chi connectivity index (χ0) is 13.2. The lowest BCUT2D eigenvalue weighted by Crippen LogP contribution is -1.96. The standard InChI is InChI=1S/C14H9Cl2N3.ClH/c15-9-5-7-10(8-6-9)17-13-11-3-1-2-4-12(11)18-14(16)19-13;/h1-8H,(H,17,18,19);1H. The molecule has 3 nitrogen and oxygen atoms in total. The van der Waals surface area contributed by atoms with Gasteiger partial charge in [0, 0.05) is 16.1 Å². The number of nitrogens with one attached hydrogen (secondary N) is 1. The number of hydrogen-bond donors (Lipinski definition) is 1. The molecule has 0 saturated heterocycles. The summed E-state index contributed by atoms with van der Waals surface area (Å²) in [5.74, 6) is 0.679. The lowest BCUT2D eigenvalue weighted by Gasteiger charge is -2.09. The summed E-state index contributed by atoms with van der Waals surface area (Å²) in [6.45, 7) is 0. The van der Waals surface area contributed by atoms with E-state index in [1.54, 1.807) is 0 Å². The molecule has 0 spiro atoms. The third-order valence-electron chi connectivity index (χ3n) is 2.68. The fourth-order valence-electron chi connectivity index (χ4n) is 1.81. The minimum absolute atomic E-state index is 0. The molecule has 0 atom stereocenters. The number of nitrogens with zero attached hydrogens (tertiary/aromatic N) is 2. The Bertz CT molecular complexity index is 729. The lowest BCUT2D eigenvalue weighted by molar-refractivity contribution is 1.22. The summed E-state index contributed by atoms with van der Waals surface area (Å²) >= 11 is 11.8. The van der Waals surface area contributed by atoms with Crippen LogP contribution in [0.2, 0.25) is 10.3 Å². The van der Waals surface area contributed by atoms with Gasteiger partial charge in [-0.25, -0.2) is 4.98 Å². The first-order valence-electron chi connectivity index (χ1n) is 5.67. The molecule has 0 unspecified atom stereocenters. The first-order chi connectivity index (χ1) is 9.22. The number of rotatable bonds is 2. The molecule has 0 aliphatic carbocycles. The molecule has 3 rings (SSSR count). The van der Waals surface area contributed by atoms with Crippen LogP contribution >= 0.6 is 35.6 Å². The topological polar surface area (TPSA) is 37.8 Å². The summed E-state index contributed by atoms with van der Waals surface area (Å²) in [7, 11) is 0. The number of para-hydroxylation sites is 1. The summed E-state index contributed by atoms with van der Waals surface area (Å²) in [6, 6.07) is 15.1. The van der Waals surface area contributed by atoms with E-state index in [-0.39, 0.29) is 17.7 Å². The molecule has 2 aromatic carbocycles. The number of benzene rings is 2. The Kier molecular flexibility index (Phi) is 4.65. The van der Waals surface area contributed by atoms with E-state index in [0.29, 0.717) is 10.8 Å². The third-order valence-corrected chi connectivity index (χ3v) is 3.10. The molecule has 0 saturated carbocycles. The number of halogens is 3. The lowest BCUT2D eigenvalue weighted by atomic mass is 10.2. The maximum absolute atomic E-state index is 5.93. The summed E-state index contributed by atoms with van der Waals surface area (Å²) < 4.78 is 0. The van der Waals surface area contributed by atoms with Gasteiger partial charge in [0.15, 0.2) is 0 Å². The van der Waals surface area contributed by atoms with Crippen molar-refractivity contribution in [2.45, 2.75) is 0 Å². The predicted molar refractivity (Wildman–Crippen MR) is 86.5 cm³/mol. The highest BCUT2D eigenvalue weighted by atomic mass is 35.5. The molecule has 1 N–H and O–H groups in total. The highest BCUT2D eigenvalue weighted by Crippen LogP contribution is 2.25. The molecule has 0 aliphatic heterocycles. The maximum atomic E-state index is 5.93. The van der Waals surface area contributed by atoms with Crippen LogP contribution in [0.1, 0.15) is 0 Å². The van der Waals surface area contributed by atoms with Crippen molar-refractivity contribution in [3.8, 4) is 0 Å². The van der Waals surface area contributed by atoms with Crippen LogP contribution in [-0.4, -0.2) is 9.97 Å². The van der Waals surface area contributed by atoms with Crippen molar-refractivity contribution < 1.29 is 0 Å². The van der Waals surface area contributed by atoms with E-state index in [0.717, 1.165) is 16.6 Å². The summed E-state index contributed by atoms with van der Waals surface area (Å²) in [5.41, 5.74) is 1.70. The van der Waals surface area contributed by atoms with Gasteiger partial charge >= 0.3 is 0 Å². The Labute approximate surface area is 132 Å². The molecule has 0 amide bonds. The van der Waals surface area contributed by atoms with E-state index in [9.17, 15) is 0 Å². The molecule has 6 heteroatoms. The van der Waals surface area contributed by atoms with E-state index in [1.165, 1.54) is 0 Å². The van der Waals surface area contributed by atoms with Crippen molar-refractivity contribution >= 4 is 58.0 Å². The van der Waals surface area contributed by atoms with Gasteiger partial charge in [0.25, 0.3) is 0 Å². The van der Waals surface area contributed by atoms with Crippen LogP contribution < -0.4 is 5.32 Å². The molecule has 0 aliphatic rings. The van der Waals surface area contributed by atoms with Gasteiger partial charge in [0.2, 0.25) is 5.28 Å². The number of aromatic nitrogens is 2. The minimum Gasteiger partial charge on any atom is -0.340 e. The third kappa shape index (κ3) is 3.12. The highest BCUT2D eigenvalue weighted by Gasteiger charge is 2.06. The fraction of sp³-hybridized carbons (Fsp3) is 0. The van der Waals surface area contributed by atoms with Gasteiger partial charge in [0.05, 0.1) is 5.52 Å². The maximum Gasteiger partial charge on any atom is 0.224 e. The van der Waals surface area contributed by atoms with Gasteiger partial charge in [-0.2, -0.15) is 4.98 Å². The molecular formula is C14H10Cl3N3. The van der Waals surface area contributed by atoms with E-state index >= 15 is 0 Å². The second-order valence-electron chi connectivity index (χ2n) is 3.99. The van der Waals surface area contributed by atoms with Crippen molar-refractivity contribution in [1.29, 1.82) is 0 Å². The minimum atomic E-state index is 0. The van der Waals surface area contributed by atoms with Crippen LogP contribution in [0.25, 0.3) is 10.9 Å². The number of hydrogen-bond acceptors (Lipinski definition) is 3. The van der Waals surface area contributed by atoms with Crippen LogP contribution in [0.3, 0.4) is 0 Å². The van der Waals surface area contributed by atoms with Gasteiger partial charge in [-0.3, -0.25) is 0 Å². The van der Waals surface area contributed by atoms with Crippen molar-refractivity contribution in [2.75, 3.05) is 5.32 Å². The molecule has 0 fully saturated rings. The van der Waals surface area contributed by atoms with Crippen molar-refractivity contribution in [1.82, 2.24) is 9.97 Å². The fourth-order valence-corrected chi connectivity index (χ4v) is 2.12. The van der Waals surface area contributed by atoms with E-state index in [2.05, 4.69) is 15.3 Å².